The van der Waals surface area contributed by atoms with E-state index in [2.05, 4.69) is 4.98 Å². The summed E-state index contributed by atoms with van der Waals surface area (Å²) in [5.74, 6) is 0.303. The van der Waals surface area contributed by atoms with Crippen LogP contribution in [0.3, 0.4) is 0 Å². The number of hydrogen-bond acceptors (Lipinski definition) is 6. The minimum atomic E-state index is -1.92. The normalized spacial score (nSPS) is 11.2. The second-order valence-corrected chi connectivity index (χ2v) is 3.19. The van der Waals surface area contributed by atoms with Crippen LogP contribution in [-0.4, -0.2) is 40.4 Å². The Morgan fingerprint density at radius 3 is 2.44 bits per heavy atom. The van der Waals surface area contributed by atoms with Crippen molar-refractivity contribution in [2.75, 3.05) is 20.3 Å². The van der Waals surface area contributed by atoms with Crippen LogP contribution in [-0.2, 0) is 5.54 Å². The average molecular weight is 228 g/mol. The molecule has 88 valence electrons. The fraction of sp³-hybridized carbons (Fsp3) is 0.444. The number of rotatable bonds is 5. The van der Waals surface area contributed by atoms with Gasteiger partial charge in [0.15, 0.2) is 0 Å². The number of methoxy groups -OCH3 is 1. The van der Waals surface area contributed by atoms with Gasteiger partial charge >= 0.3 is 0 Å². The van der Waals surface area contributed by atoms with E-state index in [0.717, 1.165) is 0 Å². The summed E-state index contributed by atoms with van der Waals surface area (Å²) in [5.41, 5.74) is -1.79. The van der Waals surface area contributed by atoms with Crippen LogP contribution in [0.1, 0.15) is 5.56 Å². The molecule has 0 spiro atoms. The Labute approximate surface area is 91.5 Å². The summed E-state index contributed by atoms with van der Waals surface area (Å²) < 4.78 is 4.80. The lowest BCUT2D eigenvalue weighted by molar-refractivity contribution is -0.586. The molecule has 0 radical (unpaired) electrons. The minimum absolute atomic E-state index is 0.128. The second-order valence-electron chi connectivity index (χ2n) is 3.19. The van der Waals surface area contributed by atoms with E-state index < -0.39 is 23.7 Å². The highest BCUT2D eigenvalue weighted by atomic mass is 16.6. The zero-order valence-corrected chi connectivity index (χ0v) is 8.66. The summed E-state index contributed by atoms with van der Waals surface area (Å²) in [7, 11) is 1.42. The molecule has 1 aromatic rings. The predicted molar refractivity (Wildman–Crippen MR) is 53.6 cm³/mol. The Balaban J connectivity index is 3.16. The van der Waals surface area contributed by atoms with E-state index in [0.29, 0.717) is 5.88 Å². The van der Waals surface area contributed by atoms with Crippen molar-refractivity contribution in [1.82, 2.24) is 4.98 Å². The summed E-state index contributed by atoms with van der Waals surface area (Å²) in [5, 5.41) is 29.0. The predicted octanol–water partition coefficient (Wildman–Crippen LogP) is -0.453. The number of nitro groups is 1. The van der Waals surface area contributed by atoms with Crippen molar-refractivity contribution in [1.29, 1.82) is 0 Å². The van der Waals surface area contributed by atoms with Crippen LogP contribution >= 0.6 is 0 Å². The van der Waals surface area contributed by atoms with Crippen molar-refractivity contribution in [2.45, 2.75) is 5.54 Å². The number of aliphatic hydroxyl groups is 2. The summed E-state index contributed by atoms with van der Waals surface area (Å²) in [6, 6.07) is 2.82. The molecule has 0 aromatic carbocycles. The molecule has 0 aliphatic heterocycles. The second kappa shape index (κ2) is 4.86. The summed E-state index contributed by atoms with van der Waals surface area (Å²) in [6.45, 7) is -1.60. The first-order valence-corrected chi connectivity index (χ1v) is 4.47. The molecule has 1 heterocycles. The van der Waals surface area contributed by atoms with Gasteiger partial charge in [-0.3, -0.25) is 10.1 Å². The number of ether oxygens (including phenoxy) is 1. The third-order valence-electron chi connectivity index (χ3n) is 2.36. The Morgan fingerprint density at radius 1 is 1.50 bits per heavy atom. The number of hydrogen-bond donors (Lipinski definition) is 2. The van der Waals surface area contributed by atoms with Crippen LogP contribution in [0.4, 0.5) is 0 Å². The van der Waals surface area contributed by atoms with Gasteiger partial charge in [0, 0.05) is 17.2 Å². The van der Waals surface area contributed by atoms with Gasteiger partial charge in [-0.1, -0.05) is 0 Å². The lowest BCUT2D eigenvalue weighted by Gasteiger charge is -2.20. The number of aromatic nitrogens is 1. The van der Waals surface area contributed by atoms with Crippen LogP contribution in [0.15, 0.2) is 18.3 Å². The Kier molecular flexibility index (Phi) is 3.75. The summed E-state index contributed by atoms with van der Waals surface area (Å²) in [4.78, 5) is 13.9. The SMILES string of the molecule is COc1ccc(C(CO)(CO)[N+](=O)[O-])cn1. The van der Waals surface area contributed by atoms with Gasteiger partial charge in [-0.2, -0.15) is 0 Å². The topological polar surface area (TPSA) is 106 Å². The van der Waals surface area contributed by atoms with E-state index in [9.17, 15) is 10.1 Å². The molecule has 2 N–H and O–H groups in total. The molecule has 7 nitrogen and oxygen atoms in total. The van der Waals surface area contributed by atoms with Crippen molar-refractivity contribution >= 4 is 0 Å². The molecule has 7 heteroatoms. The molecule has 16 heavy (non-hydrogen) atoms. The zero-order valence-electron chi connectivity index (χ0n) is 8.66. The molecule has 0 aliphatic rings. The largest absolute Gasteiger partial charge is 0.481 e. The van der Waals surface area contributed by atoms with Crippen LogP contribution in [0.5, 0.6) is 5.88 Å². The maximum Gasteiger partial charge on any atom is 0.293 e. The van der Waals surface area contributed by atoms with Crippen LogP contribution < -0.4 is 4.74 Å². The lowest BCUT2D eigenvalue weighted by Crippen LogP contribution is -2.42. The molecule has 0 unspecified atom stereocenters. The quantitative estimate of drug-likeness (QED) is 0.522. The third kappa shape index (κ3) is 1.95. The molecule has 0 bridgehead atoms. The van der Waals surface area contributed by atoms with E-state index >= 15 is 0 Å². The highest BCUT2D eigenvalue weighted by molar-refractivity contribution is 5.23. The van der Waals surface area contributed by atoms with E-state index in [-0.39, 0.29) is 5.56 Å². The highest BCUT2D eigenvalue weighted by Crippen LogP contribution is 2.24. The van der Waals surface area contributed by atoms with Crippen molar-refractivity contribution in [2.24, 2.45) is 0 Å². The van der Waals surface area contributed by atoms with Gasteiger partial charge in [0.2, 0.25) is 5.88 Å². The average Bonchev–Trinajstić information content (AvgIpc) is 2.32. The highest BCUT2D eigenvalue weighted by Gasteiger charge is 2.44. The molecule has 0 aliphatic carbocycles. The molecule has 0 atom stereocenters. The Morgan fingerprint density at radius 2 is 2.12 bits per heavy atom. The number of nitrogens with zero attached hydrogens (tertiary/aromatic N) is 2. The van der Waals surface area contributed by atoms with E-state index in [4.69, 9.17) is 14.9 Å². The van der Waals surface area contributed by atoms with Gasteiger partial charge < -0.3 is 14.9 Å². The van der Waals surface area contributed by atoms with Crippen molar-refractivity contribution in [3.63, 3.8) is 0 Å². The number of pyridine rings is 1. The minimum Gasteiger partial charge on any atom is -0.481 e. The van der Waals surface area contributed by atoms with Crippen LogP contribution in [0, 0.1) is 10.1 Å². The van der Waals surface area contributed by atoms with Gasteiger partial charge in [-0.15, -0.1) is 0 Å². The first-order valence-electron chi connectivity index (χ1n) is 4.47. The molecule has 1 rings (SSSR count). The monoisotopic (exact) mass is 228 g/mol. The van der Waals surface area contributed by atoms with Crippen molar-refractivity contribution < 1.29 is 19.9 Å². The van der Waals surface area contributed by atoms with Gasteiger partial charge in [-0.05, 0) is 6.07 Å². The molecular weight excluding hydrogens is 216 g/mol. The first-order chi connectivity index (χ1) is 7.60. The molecule has 0 amide bonds. The molecule has 0 saturated carbocycles. The Bertz CT molecular complexity index is 361. The molecule has 0 saturated heterocycles. The zero-order chi connectivity index (χ0) is 12.2. The fourth-order valence-electron chi connectivity index (χ4n) is 1.23. The standard InChI is InChI=1S/C9H12N2O5/c1-16-8-3-2-7(4-10-8)9(5-12,6-13)11(14)15/h2-4,12-13H,5-6H2,1H3. The van der Waals surface area contributed by atoms with E-state index in [1.807, 2.05) is 0 Å². The molecule has 0 fully saturated rings. The lowest BCUT2D eigenvalue weighted by atomic mass is 9.94. The van der Waals surface area contributed by atoms with E-state index in [1.165, 1.54) is 25.4 Å². The van der Waals surface area contributed by atoms with Gasteiger partial charge in [-0.25, -0.2) is 4.98 Å². The molecule has 1 aromatic heterocycles. The maximum absolute atomic E-state index is 10.9. The first kappa shape index (κ1) is 12.3. The van der Waals surface area contributed by atoms with Gasteiger partial charge in [0.1, 0.15) is 13.2 Å². The Hall–Kier alpha value is -1.73. The maximum atomic E-state index is 10.9. The number of aliphatic hydroxyl groups excluding tert-OH is 2. The van der Waals surface area contributed by atoms with Crippen molar-refractivity contribution in [3.05, 3.63) is 34.0 Å². The molecular formula is C9H12N2O5. The van der Waals surface area contributed by atoms with Crippen LogP contribution in [0.25, 0.3) is 0 Å². The van der Waals surface area contributed by atoms with E-state index in [1.54, 1.807) is 0 Å². The third-order valence-corrected chi connectivity index (χ3v) is 2.36. The fourth-order valence-corrected chi connectivity index (χ4v) is 1.23. The summed E-state index contributed by atoms with van der Waals surface area (Å²) in [6.07, 6.45) is 1.20. The van der Waals surface area contributed by atoms with Crippen molar-refractivity contribution in [3.8, 4) is 5.88 Å². The van der Waals surface area contributed by atoms with Gasteiger partial charge in [0.05, 0.1) is 12.7 Å². The smallest absolute Gasteiger partial charge is 0.293 e. The van der Waals surface area contributed by atoms with Crippen LogP contribution in [0.2, 0.25) is 0 Å². The summed E-state index contributed by atoms with van der Waals surface area (Å²) >= 11 is 0. The van der Waals surface area contributed by atoms with Gasteiger partial charge in [0.25, 0.3) is 5.54 Å².